The van der Waals surface area contributed by atoms with Crippen LogP contribution in [0.25, 0.3) is 0 Å². The highest BCUT2D eigenvalue weighted by atomic mass is 16.5. The summed E-state index contributed by atoms with van der Waals surface area (Å²) in [7, 11) is 1.61. The van der Waals surface area contributed by atoms with Gasteiger partial charge < -0.3 is 15.8 Å². The number of rotatable bonds is 8. The normalized spacial score (nSPS) is 10.5. The van der Waals surface area contributed by atoms with Gasteiger partial charge in [0, 0.05) is 18.8 Å². The molecular weight excluding hydrogens is 242 g/mol. The lowest BCUT2D eigenvalue weighted by atomic mass is 10.3. The van der Waals surface area contributed by atoms with Crippen molar-refractivity contribution in [3.05, 3.63) is 24.3 Å². The fraction of sp³-hybridized carbons (Fsp3) is 0.500. The van der Waals surface area contributed by atoms with Crippen LogP contribution in [0.15, 0.2) is 24.3 Å². The third-order valence-electron chi connectivity index (χ3n) is 2.73. The monoisotopic (exact) mass is 265 g/mol. The van der Waals surface area contributed by atoms with Gasteiger partial charge in [0.2, 0.25) is 5.91 Å². The molecule has 0 aromatic heterocycles. The molecule has 0 saturated heterocycles. The Morgan fingerprint density at radius 3 is 2.53 bits per heavy atom. The van der Waals surface area contributed by atoms with Gasteiger partial charge in [-0.05, 0) is 37.2 Å². The first-order valence-corrected chi connectivity index (χ1v) is 6.56. The van der Waals surface area contributed by atoms with Gasteiger partial charge >= 0.3 is 0 Å². The van der Waals surface area contributed by atoms with Gasteiger partial charge in [-0.15, -0.1) is 0 Å². The van der Waals surface area contributed by atoms with E-state index in [9.17, 15) is 4.79 Å². The maximum atomic E-state index is 11.9. The highest BCUT2D eigenvalue weighted by Crippen LogP contribution is 2.14. The summed E-state index contributed by atoms with van der Waals surface area (Å²) in [4.78, 5) is 14.0. The van der Waals surface area contributed by atoms with E-state index in [-0.39, 0.29) is 5.91 Å². The van der Waals surface area contributed by atoms with E-state index in [1.165, 1.54) is 0 Å². The number of carbonyl (C=O) groups excluding carboxylic acids is 1. The van der Waals surface area contributed by atoms with Crippen molar-refractivity contribution in [1.29, 1.82) is 0 Å². The Kier molecular flexibility index (Phi) is 6.92. The molecule has 106 valence electrons. The third kappa shape index (κ3) is 5.72. The molecule has 0 bridgehead atoms. The van der Waals surface area contributed by atoms with E-state index in [0.717, 1.165) is 30.9 Å². The molecule has 5 heteroatoms. The molecule has 1 aromatic rings. The average molecular weight is 265 g/mol. The molecule has 3 N–H and O–H groups in total. The second-order valence-electron chi connectivity index (χ2n) is 4.34. The molecule has 1 amide bonds. The first kappa shape index (κ1) is 15.5. The number of nitrogens with one attached hydrogen (secondary N) is 1. The van der Waals surface area contributed by atoms with Gasteiger partial charge in [0.25, 0.3) is 0 Å². The van der Waals surface area contributed by atoms with Crippen molar-refractivity contribution >= 4 is 11.6 Å². The zero-order valence-electron chi connectivity index (χ0n) is 11.7. The Balaban J connectivity index is 2.48. The predicted molar refractivity (Wildman–Crippen MR) is 77.4 cm³/mol. The largest absolute Gasteiger partial charge is 0.497 e. The third-order valence-corrected chi connectivity index (χ3v) is 2.73. The van der Waals surface area contributed by atoms with Crippen molar-refractivity contribution in [1.82, 2.24) is 4.90 Å². The molecule has 0 unspecified atom stereocenters. The van der Waals surface area contributed by atoms with E-state index in [1.54, 1.807) is 7.11 Å². The van der Waals surface area contributed by atoms with Crippen LogP contribution < -0.4 is 15.8 Å². The fourth-order valence-electron chi connectivity index (χ4n) is 1.85. The second-order valence-corrected chi connectivity index (χ2v) is 4.34. The summed E-state index contributed by atoms with van der Waals surface area (Å²) >= 11 is 0. The summed E-state index contributed by atoms with van der Waals surface area (Å²) in [6.07, 6.45) is 1.01. The second kappa shape index (κ2) is 8.50. The highest BCUT2D eigenvalue weighted by Gasteiger charge is 2.09. The molecule has 0 spiro atoms. The smallest absolute Gasteiger partial charge is 0.238 e. The van der Waals surface area contributed by atoms with Crippen LogP contribution in [0.2, 0.25) is 0 Å². The predicted octanol–water partition coefficient (Wildman–Crippen LogP) is 1.30. The summed E-state index contributed by atoms with van der Waals surface area (Å²) in [5, 5.41) is 2.86. The Hall–Kier alpha value is -1.59. The Labute approximate surface area is 114 Å². The van der Waals surface area contributed by atoms with Crippen LogP contribution in [0, 0.1) is 0 Å². The molecule has 0 heterocycles. The number of hydrogen-bond acceptors (Lipinski definition) is 4. The lowest BCUT2D eigenvalue weighted by Crippen LogP contribution is -2.37. The summed E-state index contributed by atoms with van der Waals surface area (Å²) in [6, 6.07) is 7.28. The van der Waals surface area contributed by atoms with E-state index in [0.29, 0.717) is 13.1 Å². The zero-order chi connectivity index (χ0) is 14.1. The summed E-state index contributed by atoms with van der Waals surface area (Å²) in [6.45, 7) is 4.65. The fourth-order valence-corrected chi connectivity index (χ4v) is 1.85. The lowest BCUT2D eigenvalue weighted by Gasteiger charge is -2.20. The first-order valence-electron chi connectivity index (χ1n) is 6.56. The van der Waals surface area contributed by atoms with Crippen LogP contribution in [0.3, 0.4) is 0 Å². The van der Waals surface area contributed by atoms with Crippen LogP contribution in [0.5, 0.6) is 5.75 Å². The summed E-state index contributed by atoms with van der Waals surface area (Å²) < 4.78 is 5.07. The van der Waals surface area contributed by atoms with E-state index in [1.807, 2.05) is 24.3 Å². The number of nitrogens with two attached hydrogens (primary N) is 1. The van der Waals surface area contributed by atoms with Crippen molar-refractivity contribution < 1.29 is 9.53 Å². The maximum absolute atomic E-state index is 11.9. The first-order chi connectivity index (χ1) is 9.19. The van der Waals surface area contributed by atoms with Gasteiger partial charge in [0.05, 0.1) is 13.7 Å². The van der Waals surface area contributed by atoms with E-state index < -0.39 is 0 Å². The Morgan fingerprint density at radius 1 is 1.32 bits per heavy atom. The van der Waals surface area contributed by atoms with Crippen molar-refractivity contribution in [2.24, 2.45) is 5.73 Å². The van der Waals surface area contributed by atoms with Crippen LogP contribution in [0.1, 0.15) is 13.3 Å². The van der Waals surface area contributed by atoms with E-state index in [4.69, 9.17) is 10.5 Å². The van der Waals surface area contributed by atoms with Gasteiger partial charge in [0.15, 0.2) is 0 Å². The molecule has 0 saturated carbocycles. The molecule has 0 aliphatic rings. The number of amides is 1. The Morgan fingerprint density at radius 2 is 2.00 bits per heavy atom. The number of hydrogen-bond donors (Lipinski definition) is 2. The molecule has 0 fully saturated rings. The molecular formula is C14H23N3O2. The number of carbonyl (C=O) groups is 1. The van der Waals surface area contributed by atoms with Gasteiger partial charge in [-0.2, -0.15) is 0 Å². The average Bonchev–Trinajstić information content (AvgIpc) is 2.40. The number of benzene rings is 1. The van der Waals surface area contributed by atoms with Crippen LogP contribution in [-0.4, -0.2) is 44.1 Å². The van der Waals surface area contributed by atoms with Gasteiger partial charge in [0.1, 0.15) is 5.75 Å². The minimum absolute atomic E-state index is 0.0212. The summed E-state index contributed by atoms with van der Waals surface area (Å²) in [5.74, 6) is 0.751. The Bertz CT molecular complexity index is 373. The molecule has 19 heavy (non-hydrogen) atoms. The standard InChI is InChI=1S/C14H23N3O2/c1-3-9-17(10-8-15)11-14(18)16-12-4-6-13(19-2)7-5-12/h4-7H,3,8-11,15H2,1-2H3,(H,16,18). The summed E-state index contributed by atoms with van der Waals surface area (Å²) in [5.41, 5.74) is 6.31. The molecule has 5 nitrogen and oxygen atoms in total. The van der Waals surface area contributed by atoms with Gasteiger partial charge in [-0.3, -0.25) is 9.69 Å². The molecule has 1 rings (SSSR count). The molecule has 0 aliphatic carbocycles. The SMILES string of the molecule is CCCN(CCN)CC(=O)Nc1ccc(OC)cc1. The van der Waals surface area contributed by atoms with Crippen LogP contribution in [-0.2, 0) is 4.79 Å². The quantitative estimate of drug-likeness (QED) is 0.743. The van der Waals surface area contributed by atoms with Crippen LogP contribution in [0.4, 0.5) is 5.69 Å². The maximum Gasteiger partial charge on any atom is 0.238 e. The van der Waals surface area contributed by atoms with Gasteiger partial charge in [-0.25, -0.2) is 0 Å². The molecule has 0 radical (unpaired) electrons. The van der Waals surface area contributed by atoms with E-state index in [2.05, 4.69) is 17.1 Å². The van der Waals surface area contributed by atoms with Crippen LogP contribution >= 0.6 is 0 Å². The highest BCUT2D eigenvalue weighted by molar-refractivity contribution is 5.92. The number of nitrogens with zero attached hydrogens (tertiary/aromatic N) is 1. The lowest BCUT2D eigenvalue weighted by molar-refractivity contribution is -0.117. The molecule has 1 aromatic carbocycles. The van der Waals surface area contributed by atoms with Crippen molar-refractivity contribution in [3.8, 4) is 5.75 Å². The van der Waals surface area contributed by atoms with Crippen molar-refractivity contribution in [2.45, 2.75) is 13.3 Å². The minimum Gasteiger partial charge on any atom is -0.497 e. The molecule has 0 atom stereocenters. The zero-order valence-corrected chi connectivity index (χ0v) is 11.7. The number of anilines is 1. The molecule has 0 aliphatic heterocycles. The minimum atomic E-state index is -0.0212. The number of methoxy groups -OCH3 is 1. The van der Waals surface area contributed by atoms with Gasteiger partial charge in [-0.1, -0.05) is 6.92 Å². The van der Waals surface area contributed by atoms with E-state index >= 15 is 0 Å². The van der Waals surface area contributed by atoms with Crippen molar-refractivity contribution in [2.75, 3.05) is 38.6 Å². The van der Waals surface area contributed by atoms with Crippen molar-refractivity contribution in [3.63, 3.8) is 0 Å². The topological polar surface area (TPSA) is 67.6 Å². The number of ether oxygens (including phenoxy) is 1.